The van der Waals surface area contributed by atoms with Gasteiger partial charge in [-0.15, -0.1) is 0 Å². The van der Waals surface area contributed by atoms with E-state index in [9.17, 15) is 4.79 Å². The molecular weight excluding hydrogens is 360 g/mol. The SMILES string of the molecule is Cc1cc(N/C=C2/C(=O)Nc3cccc(C)c32)ccc1NCCc1ccncc1. The molecule has 3 N–H and O–H groups in total. The molecule has 5 heteroatoms. The molecule has 0 spiro atoms. The third-order valence-corrected chi connectivity index (χ3v) is 5.12. The van der Waals surface area contributed by atoms with Crippen LogP contribution in [0.5, 0.6) is 0 Å². The standard InChI is InChI=1S/C24H24N4O/c1-16-4-3-5-22-23(16)20(24(29)28-22)15-27-19-6-7-21(17(2)14-19)26-13-10-18-8-11-25-12-9-18/h3-9,11-12,14-15,26-27H,10,13H2,1-2H3,(H,28,29)/b20-15+. The molecule has 0 radical (unpaired) electrons. The number of nitrogens with one attached hydrogen (secondary N) is 3. The van der Waals surface area contributed by atoms with Gasteiger partial charge < -0.3 is 16.0 Å². The number of benzene rings is 2. The van der Waals surface area contributed by atoms with Gasteiger partial charge in [0.05, 0.1) is 5.57 Å². The van der Waals surface area contributed by atoms with E-state index < -0.39 is 0 Å². The predicted molar refractivity (Wildman–Crippen MR) is 119 cm³/mol. The van der Waals surface area contributed by atoms with Crippen molar-refractivity contribution >= 4 is 28.5 Å². The first-order valence-electron chi connectivity index (χ1n) is 9.73. The van der Waals surface area contributed by atoms with Crippen molar-refractivity contribution in [3.63, 3.8) is 0 Å². The van der Waals surface area contributed by atoms with Crippen molar-refractivity contribution in [2.75, 3.05) is 22.5 Å². The zero-order valence-electron chi connectivity index (χ0n) is 16.6. The van der Waals surface area contributed by atoms with Gasteiger partial charge in [-0.2, -0.15) is 0 Å². The van der Waals surface area contributed by atoms with E-state index in [0.717, 1.165) is 46.7 Å². The third-order valence-electron chi connectivity index (χ3n) is 5.12. The van der Waals surface area contributed by atoms with Gasteiger partial charge in [0.15, 0.2) is 0 Å². The van der Waals surface area contributed by atoms with E-state index in [2.05, 4.69) is 40.0 Å². The van der Waals surface area contributed by atoms with Crippen LogP contribution >= 0.6 is 0 Å². The van der Waals surface area contributed by atoms with Gasteiger partial charge in [0, 0.05) is 47.8 Å². The van der Waals surface area contributed by atoms with E-state index in [1.54, 1.807) is 6.20 Å². The second-order valence-electron chi connectivity index (χ2n) is 7.22. The van der Waals surface area contributed by atoms with Gasteiger partial charge in [-0.05, 0) is 73.4 Å². The zero-order valence-corrected chi connectivity index (χ0v) is 16.6. The van der Waals surface area contributed by atoms with Crippen LogP contribution < -0.4 is 16.0 Å². The summed E-state index contributed by atoms with van der Waals surface area (Å²) < 4.78 is 0. The lowest BCUT2D eigenvalue weighted by molar-refractivity contribution is -0.110. The number of aryl methyl sites for hydroxylation is 2. The Balaban J connectivity index is 1.43. The average Bonchev–Trinajstić information content (AvgIpc) is 3.05. The highest BCUT2D eigenvalue weighted by Crippen LogP contribution is 2.34. The van der Waals surface area contributed by atoms with Crippen LogP contribution in [-0.2, 0) is 11.2 Å². The Morgan fingerprint density at radius 1 is 1.03 bits per heavy atom. The van der Waals surface area contributed by atoms with Gasteiger partial charge in [0.2, 0.25) is 0 Å². The van der Waals surface area contributed by atoms with Crippen LogP contribution in [0.25, 0.3) is 5.57 Å². The smallest absolute Gasteiger partial charge is 0.257 e. The molecule has 1 amide bonds. The van der Waals surface area contributed by atoms with Crippen molar-refractivity contribution in [1.29, 1.82) is 0 Å². The third kappa shape index (κ3) is 4.14. The highest BCUT2D eigenvalue weighted by molar-refractivity contribution is 6.32. The van der Waals surface area contributed by atoms with E-state index >= 15 is 0 Å². The van der Waals surface area contributed by atoms with E-state index in [4.69, 9.17) is 0 Å². The van der Waals surface area contributed by atoms with Gasteiger partial charge in [0.25, 0.3) is 5.91 Å². The summed E-state index contributed by atoms with van der Waals surface area (Å²) in [5, 5.41) is 9.68. The molecule has 0 saturated carbocycles. The van der Waals surface area contributed by atoms with E-state index in [1.807, 2.05) is 55.7 Å². The van der Waals surface area contributed by atoms with Crippen LogP contribution in [0.3, 0.4) is 0 Å². The Morgan fingerprint density at radius 2 is 1.86 bits per heavy atom. The lowest BCUT2D eigenvalue weighted by Gasteiger charge is -2.12. The van der Waals surface area contributed by atoms with Crippen LogP contribution in [0.2, 0.25) is 0 Å². The molecule has 29 heavy (non-hydrogen) atoms. The van der Waals surface area contributed by atoms with E-state index in [0.29, 0.717) is 5.57 Å². The Kier molecular flexibility index (Phi) is 5.29. The number of anilines is 3. The molecule has 4 rings (SSSR count). The molecule has 0 unspecified atom stereocenters. The first-order valence-corrected chi connectivity index (χ1v) is 9.73. The van der Waals surface area contributed by atoms with Crippen molar-refractivity contribution in [2.24, 2.45) is 0 Å². The number of carbonyl (C=O) groups is 1. The van der Waals surface area contributed by atoms with Crippen molar-refractivity contribution in [2.45, 2.75) is 20.3 Å². The molecule has 0 bridgehead atoms. The monoisotopic (exact) mass is 384 g/mol. The molecule has 0 atom stereocenters. The molecule has 0 fully saturated rings. The molecule has 0 saturated heterocycles. The fourth-order valence-corrected chi connectivity index (χ4v) is 3.57. The zero-order chi connectivity index (χ0) is 20.2. The normalized spacial score (nSPS) is 13.9. The Labute approximate surface area is 170 Å². The van der Waals surface area contributed by atoms with Crippen molar-refractivity contribution in [1.82, 2.24) is 4.98 Å². The minimum atomic E-state index is -0.0760. The van der Waals surface area contributed by atoms with Crippen molar-refractivity contribution in [3.8, 4) is 0 Å². The van der Waals surface area contributed by atoms with Crippen LogP contribution in [-0.4, -0.2) is 17.4 Å². The highest BCUT2D eigenvalue weighted by atomic mass is 16.2. The second-order valence-corrected chi connectivity index (χ2v) is 7.22. The number of hydrogen-bond acceptors (Lipinski definition) is 4. The van der Waals surface area contributed by atoms with Crippen LogP contribution in [0, 0.1) is 13.8 Å². The molecule has 1 aliphatic rings. The Bertz CT molecular complexity index is 1070. The number of nitrogens with zero attached hydrogens (tertiary/aromatic N) is 1. The molecular formula is C24H24N4O. The second kappa shape index (κ2) is 8.19. The number of hydrogen-bond donors (Lipinski definition) is 3. The molecule has 1 aromatic heterocycles. The van der Waals surface area contributed by atoms with Gasteiger partial charge >= 0.3 is 0 Å². The molecule has 2 aromatic carbocycles. The number of fused-ring (bicyclic) bond motifs is 1. The maximum atomic E-state index is 12.3. The van der Waals surface area contributed by atoms with E-state index in [-0.39, 0.29) is 5.91 Å². The number of carbonyl (C=O) groups excluding carboxylic acids is 1. The topological polar surface area (TPSA) is 66.1 Å². The van der Waals surface area contributed by atoms with Gasteiger partial charge in [-0.1, -0.05) is 12.1 Å². The number of aromatic nitrogens is 1. The lowest BCUT2D eigenvalue weighted by Crippen LogP contribution is -2.07. The summed E-state index contributed by atoms with van der Waals surface area (Å²) in [6, 6.07) is 16.1. The predicted octanol–water partition coefficient (Wildman–Crippen LogP) is 4.76. The van der Waals surface area contributed by atoms with Crippen molar-refractivity contribution in [3.05, 3.63) is 89.4 Å². The minimum Gasteiger partial charge on any atom is -0.384 e. The largest absolute Gasteiger partial charge is 0.384 e. The van der Waals surface area contributed by atoms with Gasteiger partial charge in [0.1, 0.15) is 0 Å². The molecule has 0 aliphatic carbocycles. The molecule has 2 heterocycles. The molecule has 146 valence electrons. The summed E-state index contributed by atoms with van der Waals surface area (Å²) in [6.07, 6.45) is 6.38. The Hall–Kier alpha value is -3.60. The summed E-state index contributed by atoms with van der Waals surface area (Å²) in [7, 11) is 0. The summed E-state index contributed by atoms with van der Waals surface area (Å²) in [5.41, 5.74) is 8.05. The molecule has 3 aromatic rings. The Morgan fingerprint density at radius 3 is 2.66 bits per heavy atom. The summed E-state index contributed by atoms with van der Waals surface area (Å²) >= 11 is 0. The minimum absolute atomic E-state index is 0.0760. The first kappa shape index (κ1) is 18.7. The molecule has 1 aliphatic heterocycles. The number of amides is 1. The van der Waals surface area contributed by atoms with Gasteiger partial charge in [-0.3, -0.25) is 9.78 Å². The highest BCUT2D eigenvalue weighted by Gasteiger charge is 2.25. The number of pyridine rings is 1. The maximum Gasteiger partial charge on any atom is 0.257 e. The maximum absolute atomic E-state index is 12.3. The van der Waals surface area contributed by atoms with Crippen molar-refractivity contribution < 1.29 is 4.79 Å². The molecule has 5 nitrogen and oxygen atoms in total. The summed E-state index contributed by atoms with van der Waals surface area (Å²) in [4.78, 5) is 16.4. The van der Waals surface area contributed by atoms with Crippen LogP contribution in [0.15, 0.2) is 67.1 Å². The van der Waals surface area contributed by atoms with E-state index in [1.165, 1.54) is 5.56 Å². The van der Waals surface area contributed by atoms with Crippen LogP contribution in [0.4, 0.5) is 17.1 Å². The fourth-order valence-electron chi connectivity index (χ4n) is 3.57. The first-order chi connectivity index (χ1) is 14.1. The quantitative estimate of drug-likeness (QED) is 0.536. The summed E-state index contributed by atoms with van der Waals surface area (Å²) in [6.45, 7) is 4.95. The fraction of sp³-hybridized carbons (Fsp3) is 0.167. The lowest BCUT2D eigenvalue weighted by atomic mass is 10.0. The average molecular weight is 384 g/mol. The van der Waals surface area contributed by atoms with Crippen LogP contribution in [0.1, 0.15) is 22.3 Å². The summed E-state index contributed by atoms with van der Waals surface area (Å²) in [5.74, 6) is -0.0760. The van der Waals surface area contributed by atoms with Gasteiger partial charge in [-0.25, -0.2) is 0 Å². The number of rotatable bonds is 6.